The van der Waals surface area contributed by atoms with Crippen LogP contribution in [0.2, 0.25) is 0 Å². The predicted molar refractivity (Wildman–Crippen MR) is 98.6 cm³/mol. The van der Waals surface area contributed by atoms with Gasteiger partial charge in [-0.25, -0.2) is 0 Å². The van der Waals surface area contributed by atoms with Crippen LogP contribution in [0.1, 0.15) is 55.0 Å². The highest BCUT2D eigenvalue weighted by molar-refractivity contribution is 5.79. The van der Waals surface area contributed by atoms with Crippen molar-refractivity contribution >= 4 is 11.6 Å². The quantitative estimate of drug-likeness (QED) is 0.884. The Hall–Kier alpha value is -2.49. The lowest BCUT2D eigenvalue weighted by Gasteiger charge is -2.38. The summed E-state index contributed by atoms with van der Waals surface area (Å²) in [6, 6.07) is 14.1. The lowest BCUT2D eigenvalue weighted by atomic mass is 9.87. The van der Waals surface area contributed by atoms with E-state index < -0.39 is 0 Å². The number of likely N-dealkylation sites (tertiary alicyclic amines) is 1. The Kier molecular flexibility index (Phi) is 4.12. The molecule has 0 spiro atoms. The molecule has 0 unspecified atom stereocenters. The molecule has 130 valence electrons. The SMILES string of the molecule is CCc1ccc2c(c1)[C@@H](N1CCCC1=O)C[C@@H](c1cccc(O)c1)N2. The monoisotopic (exact) mass is 336 g/mol. The Morgan fingerprint density at radius 3 is 2.84 bits per heavy atom. The van der Waals surface area contributed by atoms with E-state index in [1.54, 1.807) is 6.07 Å². The Bertz CT molecular complexity index is 802. The third-order valence-electron chi connectivity index (χ3n) is 5.43. The second kappa shape index (κ2) is 6.43. The average Bonchev–Trinajstić information content (AvgIpc) is 3.06. The number of benzene rings is 2. The van der Waals surface area contributed by atoms with Gasteiger partial charge >= 0.3 is 0 Å². The summed E-state index contributed by atoms with van der Waals surface area (Å²) in [4.78, 5) is 14.5. The second-order valence-electron chi connectivity index (χ2n) is 7.01. The summed E-state index contributed by atoms with van der Waals surface area (Å²) in [7, 11) is 0. The van der Waals surface area contributed by atoms with E-state index in [0.29, 0.717) is 6.42 Å². The van der Waals surface area contributed by atoms with Gasteiger partial charge in [0.15, 0.2) is 0 Å². The highest BCUT2D eigenvalue weighted by atomic mass is 16.3. The number of anilines is 1. The molecule has 25 heavy (non-hydrogen) atoms. The Morgan fingerprint density at radius 1 is 1.24 bits per heavy atom. The number of rotatable bonds is 3. The third-order valence-corrected chi connectivity index (χ3v) is 5.43. The molecule has 2 aromatic carbocycles. The molecule has 0 radical (unpaired) electrons. The van der Waals surface area contributed by atoms with E-state index in [2.05, 4.69) is 35.3 Å². The topological polar surface area (TPSA) is 52.6 Å². The maximum Gasteiger partial charge on any atom is 0.223 e. The van der Waals surface area contributed by atoms with Crippen molar-refractivity contribution in [1.82, 2.24) is 4.90 Å². The van der Waals surface area contributed by atoms with E-state index in [4.69, 9.17) is 0 Å². The van der Waals surface area contributed by atoms with Crippen molar-refractivity contribution in [3.8, 4) is 5.75 Å². The summed E-state index contributed by atoms with van der Waals surface area (Å²) >= 11 is 0. The van der Waals surface area contributed by atoms with Gasteiger partial charge in [-0.15, -0.1) is 0 Å². The molecule has 2 aliphatic rings. The van der Waals surface area contributed by atoms with E-state index in [-0.39, 0.29) is 23.7 Å². The molecule has 1 saturated heterocycles. The van der Waals surface area contributed by atoms with Crippen LogP contribution in [0.25, 0.3) is 0 Å². The van der Waals surface area contributed by atoms with Crippen LogP contribution in [0.5, 0.6) is 5.75 Å². The summed E-state index contributed by atoms with van der Waals surface area (Å²) < 4.78 is 0. The second-order valence-corrected chi connectivity index (χ2v) is 7.01. The lowest BCUT2D eigenvalue weighted by Crippen LogP contribution is -2.35. The fourth-order valence-electron chi connectivity index (χ4n) is 4.09. The molecule has 4 rings (SSSR count). The molecule has 1 fully saturated rings. The minimum atomic E-state index is 0.0884. The first-order valence-corrected chi connectivity index (χ1v) is 9.13. The fraction of sp³-hybridized carbons (Fsp3) is 0.381. The van der Waals surface area contributed by atoms with Gasteiger partial charge < -0.3 is 15.3 Å². The zero-order valence-corrected chi connectivity index (χ0v) is 14.5. The number of nitrogens with one attached hydrogen (secondary N) is 1. The number of amides is 1. The Morgan fingerprint density at radius 2 is 2.12 bits per heavy atom. The number of carbonyl (C=O) groups is 1. The van der Waals surface area contributed by atoms with Crippen LogP contribution in [0.15, 0.2) is 42.5 Å². The van der Waals surface area contributed by atoms with Gasteiger partial charge in [-0.3, -0.25) is 4.79 Å². The molecule has 4 heteroatoms. The summed E-state index contributed by atoms with van der Waals surface area (Å²) in [6.45, 7) is 3.00. The van der Waals surface area contributed by atoms with Crippen LogP contribution in [0.4, 0.5) is 5.69 Å². The smallest absolute Gasteiger partial charge is 0.223 e. The molecular formula is C21H24N2O2. The van der Waals surface area contributed by atoms with Crippen LogP contribution in [-0.2, 0) is 11.2 Å². The van der Waals surface area contributed by atoms with Gasteiger partial charge in [-0.05, 0) is 54.2 Å². The van der Waals surface area contributed by atoms with Gasteiger partial charge in [0, 0.05) is 18.7 Å². The number of hydrogen-bond donors (Lipinski definition) is 2. The molecule has 0 bridgehead atoms. The highest BCUT2D eigenvalue weighted by Crippen LogP contribution is 2.44. The number of hydrogen-bond acceptors (Lipinski definition) is 3. The number of carbonyl (C=O) groups excluding carboxylic acids is 1. The molecule has 4 nitrogen and oxygen atoms in total. The number of nitrogens with zero attached hydrogens (tertiary/aromatic N) is 1. The van der Waals surface area contributed by atoms with Gasteiger partial charge in [0.25, 0.3) is 0 Å². The van der Waals surface area contributed by atoms with Gasteiger partial charge in [0.1, 0.15) is 5.75 Å². The van der Waals surface area contributed by atoms with Crippen molar-refractivity contribution in [2.45, 2.75) is 44.7 Å². The predicted octanol–water partition coefficient (Wildman–Crippen LogP) is 4.18. The van der Waals surface area contributed by atoms with E-state index in [9.17, 15) is 9.90 Å². The standard InChI is InChI=1S/C21H24N2O2/c1-2-14-8-9-18-17(11-14)20(23-10-4-7-21(23)25)13-19(22-18)15-5-3-6-16(24)12-15/h3,5-6,8-9,11-12,19-20,22,24H,2,4,7,10,13H2,1H3/t19-,20-/m0/s1. The first-order valence-electron chi connectivity index (χ1n) is 9.13. The van der Waals surface area contributed by atoms with Crippen LogP contribution in [0.3, 0.4) is 0 Å². The number of aryl methyl sites for hydroxylation is 1. The van der Waals surface area contributed by atoms with Crippen molar-refractivity contribution in [2.75, 3.05) is 11.9 Å². The van der Waals surface area contributed by atoms with Gasteiger partial charge in [-0.1, -0.05) is 31.2 Å². The molecule has 1 amide bonds. The fourth-order valence-corrected chi connectivity index (χ4v) is 4.09. The van der Waals surface area contributed by atoms with E-state index in [0.717, 1.165) is 37.1 Å². The van der Waals surface area contributed by atoms with E-state index in [1.807, 2.05) is 18.2 Å². The zero-order chi connectivity index (χ0) is 17.4. The van der Waals surface area contributed by atoms with Crippen molar-refractivity contribution in [3.63, 3.8) is 0 Å². The molecule has 2 heterocycles. The number of phenolic OH excluding ortho intramolecular Hbond substituents is 1. The summed E-state index contributed by atoms with van der Waals surface area (Å²) in [6.07, 6.45) is 3.42. The van der Waals surface area contributed by atoms with Crippen molar-refractivity contribution in [2.24, 2.45) is 0 Å². The summed E-state index contributed by atoms with van der Waals surface area (Å²) in [5.41, 5.74) is 4.68. The van der Waals surface area contributed by atoms with E-state index >= 15 is 0 Å². The molecule has 0 aromatic heterocycles. The zero-order valence-electron chi connectivity index (χ0n) is 14.5. The van der Waals surface area contributed by atoms with Crippen molar-refractivity contribution < 1.29 is 9.90 Å². The van der Waals surface area contributed by atoms with Crippen molar-refractivity contribution in [3.05, 3.63) is 59.2 Å². The highest BCUT2D eigenvalue weighted by Gasteiger charge is 2.35. The Balaban J connectivity index is 1.74. The maximum atomic E-state index is 12.4. The van der Waals surface area contributed by atoms with Crippen LogP contribution >= 0.6 is 0 Å². The van der Waals surface area contributed by atoms with Gasteiger partial charge in [0.2, 0.25) is 5.91 Å². The summed E-state index contributed by atoms with van der Waals surface area (Å²) in [5, 5.41) is 13.4. The van der Waals surface area contributed by atoms with Crippen LogP contribution in [-0.4, -0.2) is 22.5 Å². The number of fused-ring (bicyclic) bond motifs is 1. The van der Waals surface area contributed by atoms with Gasteiger partial charge in [0.05, 0.1) is 12.1 Å². The molecule has 0 saturated carbocycles. The molecule has 2 N–H and O–H groups in total. The van der Waals surface area contributed by atoms with Gasteiger partial charge in [-0.2, -0.15) is 0 Å². The average molecular weight is 336 g/mol. The minimum Gasteiger partial charge on any atom is -0.508 e. The van der Waals surface area contributed by atoms with Crippen LogP contribution in [0, 0.1) is 0 Å². The molecule has 2 aliphatic heterocycles. The minimum absolute atomic E-state index is 0.0884. The Labute approximate surface area is 148 Å². The van der Waals surface area contributed by atoms with Crippen molar-refractivity contribution in [1.29, 1.82) is 0 Å². The first-order chi connectivity index (χ1) is 12.2. The lowest BCUT2D eigenvalue weighted by molar-refractivity contribution is -0.130. The normalized spacial score (nSPS) is 22.6. The molecule has 0 aliphatic carbocycles. The molecule has 2 aromatic rings. The summed E-state index contributed by atoms with van der Waals surface area (Å²) in [5.74, 6) is 0.537. The third kappa shape index (κ3) is 2.97. The molecule has 2 atom stereocenters. The maximum absolute atomic E-state index is 12.4. The number of phenols is 1. The largest absolute Gasteiger partial charge is 0.508 e. The van der Waals surface area contributed by atoms with Crippen LogP contribution < -0.4 is 5.32 Å². The molecular weight excluding hydrogens is 312 g/mol. The first kappa shape index (κ1) is 16.0. The van der Waals surface area contributed by atoms with E-state index in [1.165, 1.54) is 11.1 Å². The number of aromatic hydroxyl groups is 1.